The molecule has 1 unspecified atom stereocenters. The van der Waals surface area contributed by atoms with Crippen molar-refractivity contribution in [3.05, 3.63) is 29.8 Å². The number of carbonyl (C=O) groups is 2. The maximum absolute atomic E-state index is 12.5. The third-order valence-electron chi connectivity index (χ3n) is 4.87. The van der Waals surface area contributed by atoms with Gasteiger partial charge in [0.2, 0.25) is 15.9 Å². The average molecular weight is 396 g/mol. The van der Waals surface area contributed by atoms with Crippen LogP contribution in [0.15, 0.2) is 29.2 Å². The van der Waals surface area contributed by atoms with E-state index in [1.807, 2.05) is 0 Å². The van der Waals surface area contributed by atoms with E-state index in [9.17, 15) is 18.0 Å². The molecule has 1 heterocycles. The van der Waals surface area contributed by atoms with Gasteiger partial charge in [0.25, 0.3) is 5.91 Å². The van der Waals surface area contributed by atoms with Crippen LogP contribution in [0.1, 0.15) is 44.0 Å². The fourth-order valence-corrected chi connectivity index (χ4v) is 4.73. The van der Waals surface area contributed by atoms with Crippen LogP contribution in [0.2, 0.25) is 0 Å². The molecule has 0 bridgehead atoms. The first-order valence-electron chi connectivity index (χ1n) is 9.45. The quantitative estimate of drug-likeness (QED) is 0.761. The largest absolute Gasteiger partial charge is 0.343 e. The number of hydrogen-bond donors (Lipinski definition) is 1. The van der Waals surface area contributed by atoms with E-state index in [0.717, 1.165) is 25.9 Å². The fourth-order valence-electron chi connectivity index (χ4n) is 3.28. The summed E-state index contributed by atoms with van der Waals surface area (Å²) in [6, 6.07) is 5.80. The smallest absolute Gasteiger partial charge is 0.251 e. The molecule has 150 valence electrons. The molecular weight excluding hydrogens is 366 g/mol. The van der Waals surface area contributed by atoms with E-state index >= 15 is 0 Å². The lowest BCUT2D eigenvalue weighted by molar-refractivity contribution is -0.131. The zero-order valence-electron chi connectivity index (χ0n) is 16.3. The Kier molecular flexibility index (Phi) is 7.38. The molecule has 1 aliphatic heterocycles. The molecule has 2 amide bonds. The minimum absolute atomic E-state index is 0.0505. The van der Waals surface area contributed by atoms with Crippen molar-refractivity contribution in [2.75, 3.05) is 32.7 Å². The summed E-state index contributed by atoms with van der Waals surface area (Å²) in [6.07, 6.45) is 2.11. The van der Waals surface area contributed by atoms with Crippen molar-refractivity contribution < 1.29 is 18.0 Å². The number of amides is 2. The van der Waals surface area contributed by atoms with Crippen molar-refractivity contribution in [2.24, 2.45) is 5.92 Å². The van der Waals surface area contributed by atoms with Gasteiger partial charge in [0, 0.05) is 31.7 Å². The number of benzene rings is 1. The van der Waals surface area contributed by atoms with Gasteiger partial charge in [-0.2, -0.15) is 4.31 Å². The molecular formula is C19H29N3O4S. The van der Waals surface area contributed by atoms with Gasteiger partial charge in [-0.15, -0.1) is 0 Å². The second-order valence-electron chi connectivity index (χ2n) is 6.88. The van der Waals surface area contributed by atoms with E-state index in [1.165, 1.54) is 28.6 Å². The van der Waals surface area contributed by atoms with Crippen LogP contribution in [0.3, 0.4) is 0 Å². The van der Waals surface area contributed by atoms with Crippen LogP contribution >= 0.6 is 0 Å². The zero-order valence-corrected chi connectivity index (χ0v) is 17.1. The summed E-state index contributed by atoms with van der Waals surface area (Å²) < 4.78 is 26.3. The highest BCUT2D eigenvalue weighted by atomic mass is 32.2. The molecule has 0 spiro atoms. The summed E-state index contributed by atoms with van der Waals surface area (Å²) in [5.74, 6) is 0.00882. The zero-order chi connectivity index (χ0) is 20.0. The monoisotopic (exact) mass is 395 g/mol. The number of piperidine rings is 1. The Morgan fingerprint density at radius 2 is 1.81 bits per heavy atom. The highest BCUT2D eigenvalue weighted by Crippen LogP contribution is 2.17. The van der Waals surface area contributed by atoms with Crippen molar-refractivity contribution in [3.8, 4) is 0 Å². The second-order valence-corrected chi connectivity index (χ2v) is 8.82. The van der Waals surface area contributed by atoms with E-state index in [2.05, 4.69) is 12.2 Å². The summed E-state index contributed by atoms with van der Waals surface area (Å²) in [6.45, 7) is 7.86. The van der Waals surface area contributed by atoms with E-state index in [-0.39, 0.29) is 23.3 Å². The number of hydrogen-bond acceptors (Lipinski definition) is 4. The molecule has 0 radical (unpaired) electrons. The summed E-state index contributed by atoms with van der Waals surface area (Å²) >= 11 is 0. The molecule has 1 aromatic rings. The van der Waals surface area contributed by atoms with Gasteiger partial charge in [0.05, 0.1) is 11.4 Å². The van der Waals surface area contributed by atoms with Crippen LogP contribution in [0.5, 0.6) is 0 Å². The maximum Gasteiger partial charge on any atom is 0.251 e. The van der Waals surface area contributed by atoms with Crippen LogP contribution in [0.25, 0.3) is 0 Å². The standard InChI is InChI=1S/C19H29N3O4S/c1-4-22(5-2)27(25,26)17-10-8-16(9-11-17)19(24)20-13-18(23)21-12-6-7-15(3)14-21/h8-11,15H,4-7,12-14H2,1-3H3,(H,20,24). The molecule has 0 aliphatic carbocycles. The number of sulfonamides is 1. The number of rotatable bonds is 7. The lowest BCUT2D eigenvalue weighted by Crippen LogP contribution is -2.44. The van der Waals surface area contributed by atoms with Gasteiger partial charge in [-0.25, -0.2) is 8.42 Å². The first-order chi connectivity index (χ1) is 12.8. The molecule has 7 nitrogen and oxygen atoms in total. The Bertz CT molecular complexity index is 758. The number of carbonyl (C=O) groups excluding carboxylic acids is 2. The van der Waals surface area contributed by atoms with E-state index < -0.39 is 10.0 Å². The van der Waals surface area contributed by atoms with E-state index in [0.29, 0.717) is 24.6 Å². The molecule has 1 aliphatic rings. The van der Waals surface area contributed by atoms with E-state index in [4.69, 9.17) is 0 Å². The minimum Gasteiger partial charge on any atom is -0.343 e. The second kappa shape index (κ2) is 9.32. The summed E-state index contributed by atoms with van der Waals surface area (Å²) in [7, 11) is -3.55. The number of likely N-dealkylation sites (tertiary alicyclic amines) is 1. The van der Waals surface area contributed by atoms with E-state index in [1.54, 1.807) is 18.7 Å². The molecule has 0 aromatic heterocycles. The van der Waals surface area contributed by atoms with Crippen LogP contribution < -0.4 is 5.32 Å². The SMILES string of the molecule is CCN(CC)S(=O)(=O)c1ccc(C(=O)NCC(=O)N2CCCC(C)C2)cc1. The van der Waals surface area contributed by atoms with Gasteiger partial charge in [0.15, 0.2) is 0 Å². The predicted molar refractivity (Wildman–Crippen MR) is 104 cm³/mol. The van der Waals surface area contributed by atoms with Crippen LogP contribution in [0, 0.1) is 5.92 Å². The summed E-state index contributed by atoms with van der Waals surface area (Å²) in [5, 5.41) is 2.62. The summed E-state index contributed by atoms with van der Waals surface area (Å²) in [4.78, 5) is 26.4. The van der Waals surface area contributed by atoms with Gasteiger partial charge in [-0.3, -0.25) is 9.59 Å². The predicted octanol–water partition coefficient (Wildman–Crippen LogP) is 1.71. The molecule has 8 heteroatoms. The molecule has 1 saturated heterocycles. The molecule has 27 heavy (non-hydrogen) atoms. The lowest BCUT2D eigenvalue weighted by atomic mass is 10.0. The van der Waals surface area contributed by atoms with Crippen LogP contribution in [-0.4, -0.2) is 62.2 Å². The summed E-state index contributed by atoms with van der Waals surface area (Å²) in [5.41, 5.74) is 0.327. The van der Waals surface area contributed by atoms with Crippen molar-refractivity contribution in [3.63, 3.8) is 0 Å². The van der Waals surface area contributed by atoms with Crippen molar-refractivity contribution >= 4 is 21.8 Å². The van der Waals surface area contributed by atoms with Gasteiger partial charge in [-0.05, 0) is 43.0 Å². The Hall–Kier alpha value is -1.93. The van der Waals surface area contributed by atoms with Crippen molar-refractivity contribution in [1.29, 1.82) is 0 Å². The normalized spacial score (nSPS) is 17.8. The van der Waals surface area contributed by atoms with Crippen molar-refractivity contribution in [1.82, 2.24) is 14.5 Å². The van der Waals surface area contributed by atoms with Gasteiger partial charge >= 0.3 is 0 Å². The average Bonchev–Trinajstić information content (AvgIpc) is 2.66. The first-order valence-corrected chi connectivity index (χ1v) is 10.9. The van der Waals surface area contributed by atoms with Crippen LogP contribution in [-0.2, 0) is 14.8 Å². The molecule has 1 atom stereocenters. The maximum atomic E-state index is 12.5. The highest BCUT2D eigenvalue weighted by Gasteiger charge is 2.23. The van der Waals surface area contributed by atoms with Gasteiger partial charge in [-0.1, -0.05) is 20.8 Å². The minimum atomic E-state index is -3.55. The highest BCUT2D eigenvalue weighted by molar-refractivity contribution is 7.89. The molecule has 1 fully saturated rings. The number of nitrogens with zero attached hydrogens (tertiary/aromatic N) is 2. The fraction of sp³-hybridized carbons (Fsp3) is 0.579. The van der Waals surface area contributed by atoms with Crippen LogP contribution in [0.4, 0.5) is 0 Å². The lowest BCUT2D eigenvalue weighted by Gasteiger charge is -2.31. The Labute approximate surface area is 161 Å². The molecule has 1 N–H and O–H groups in total. The first kappa shape index (κ1) is 21.4. The number of nitrogens with one attached hydrogen (secondary N) is 1. The Morgan fingerprint density at radius 1 is 1.19 bits per heavy atom. The van der Waals surface area contributed by atoms with Crippen molar-refractivity contribution in [2.45, 2.75) is 38.5 Å². The Morgan fingerprint density at radius 3 is 2.37 bits per heavy atom. The molecule has 2 rings (SSSR count). The molecule has 0 saturated carbocycles. The third-order valence-corrected chi connectivity index (χ3v) is 6.93. The Balaban J connectivity index is 1.96. The molecule has 1 aromatic carbocycles. The van der Waals surface area contributed by atoms with Gasteiger partial charge in [0.1, 0.15) is 0 Å². The van der Waals surface area contributed by atoms with Gasteiger partial charge < -0.3 is 10.2 Å². The topological polar surface area (TPSA) is 86.8 Å². The third kappa shape index (κ3) is 5.29.